The molecule has 1 aromatic rings. The zero-order valence-electron chi connectivity index (χ0n) is 18.0. The first-order valence-electron chi connectivity index (χ1n) is 10.6. The molecule has 164 valence electrons. The highest BCUT2D eigenvalue weighted by Gasteiger charge is 2.06. The maximum Gasteiger partial charge on any atom is 0.332 e. The molecule has 1 aromatic carbocycles. The number of carbonyl (C=O) groups excluding carboxylic acids is 1. The summed E-state index contributed by atoms with van der Waals surface area (Å²) < 4.78 is 10.2. The third-order valence-corrected chi connectivity index (χ3v) is 4.31. The van der Waals surface area contributed by atoms with Gasteiger partial charge in [0, 0.05) is 18.3 Å². The number of nitrogens with two attached hydrogens (primary N) is 1. The van der Waals surface area contributed by atoms with Crippen molar-refractivity contribution in [3.63, 3.8) is 0 Å². The highest BCUT2D eigenvalue weighted by atomic mass is 16.5. The lowest BCUT2D eigenvalue weighted by Gasteiger charge is -2.12. The van der Waals surface area contributed by atoms with Crippen LogP contribution in [0.25, 0.3) is 5.70 Å². The lowest BCUT2D eigenvalue weighted by atomic mass is 10.1. The van der Waals surface area contributed by atoms with Crippen molar-refractivity contribution in [2.45, 2.75) is 32.6 Å². The van der Waals surface area contributed by atoms with E-state index in [0.29, 0.717) is 6.61 Å². The number of hydrogen-bond donors (Lipinski definition) is 4. The van der Waals surface area contributed by atoms with E-state index in [2.05, 4.69) is 16.0 Å². The Morgan fingerprint density at radius 1 is 0.966 bits per heavy atom. The lowest BCUT2D eigenvalue weighted by molar-refractivity contribution is -0.137. The highest BCUT2D eigenvalue weighted by Crippen LogP contribution is 2.17. The molecule has 0 bridgehead atoms. The van der Waals surface area contributed by atoms with E-state index in [0.717, 1.165) is 75.5 Å². The van der Waals surface area contributed by atoms with E-state index in [-0.39, 0.29) is 5.97 Å². The van der Waals surface area contributed by atoms with Gasteiger partial charge in [0.05, 0.1) is 13.7 Å². The van der Waals surface area contributed by atoms with Gasteiger partial charge in [0.15, 0.2) is 0 Å². The number of unbranched alkanes of at least 4 members (excludes halogenated alkanes) is 1. The number of esters is 1. The van der Waals surface area contributed by atoms with Crippen LogP contribution in [0.2, 0.25) is 0 Å². The van der Waals surface area contributed by atoms with E-state index < -0.39 is 0 Å². The third-order valence-electron chi connectivity index (χ3n) is 4.31. The molecule has 0 aliphatic carbocycles. The smallest absolute Gasteiger partial charge is 0.332 e. The number of rotatable bonds is 17. The molecule has 0 saturated carbocycles. The molecule has 0 aliphatic rings. The topological polar surface area (TPSA) is 97.6 Å². The second kappa shape index (κ2) is 16.8. The summed E-state index contributed by atoms with van der Waals surface area (Å²) in [6.07, 6.45) is 5.83. The number of methoxy groups -OCH3 is 1. The van der Waals surface area contributed by atoms with Crippen LogP contribution in [0.1, 0.15) is 38.2 Å². The van der Waals surface area contributed by atoms with Crippen LogP contribution in [-0.2, 0) is 9.53 Å². The first kappa shape index (κ1) is 24.9. The number of hydrogen-bond acceptors (Lipinski definition) is 7. The number of nitrogens with one attached hydrogen (secondary N) is 3. The van der Waals surface area contributed by atoms with E-state index in [1.807, 2.05) is 24.3 Å². The van der Waals surface area contributed by atoms with Gasteiger partial charge >= 0.3 is 5.97 Å². The minimum absolute atomic E-state index is 0.344. The molecule has 0 heterocycles. The highest BCUT2D eigenvalue weighted by molar-refractivity contribution is 5.90. The summed E-state index contributed by atoms with van der Waals surface area (Å²) in [4.78, 5) is 11.9. The molecule has 7 nitrogen and oxygen atoms in total. The van der Waals surface area contributed by atoms with Crippen LogP contribution < -0.4 is 26.4 Å². The quantitative estimate of drug-likeness (QED) is 0.178. The Morgan fingerprint density at radius 2 is 1.59 bits per heavy atom. The molecular formula is C22H38N4O3. The summed E-state index contributed by atoms with van der Waals surface area (Å²) in [6, 6.07) is 7.61. The van der Waals surface area contributed by atoms with E-state index >= 15 is 0 Å². The van der Waals surface area contributed by atoms with Crippen LogP contribution in [-0.4, -0.2) is 59.0 Å². The second-order valence-corrected chi connectivity index (χ2v) is 6.67. The Kier molecular flexibility index (Phi) is 14.5. The summed E-state index contributed by atoms with van der Waals surface area (Å²) in [5.41, 5.74) is 7.15. The first-order chi connectivity index (χ1) is 14.2. The molecular weight excluding hydrogens is 368 g/mol. The molecule has 1 rings (SSSR count). The number of ether oxygens (including phenoxy) is 2. The van der Waals surface area contributed by atoms with Crippen LogP contribution in [0.3, 0.4) is 0 Å². The van der Waals surface area contributed by atoms with Crippen molar-refractivity contribution in [1.82, 2.24) is 16.0 Å². The monoisotopic (exact) mass is 406 g/mol. The van der Waals surface area contributed by atoms with Crippen LogP contribution in [0.5, 0.6) is 5.75 Å². The Bertz CT molecular complexity index is 576. The molecule has 5 N–H and O–H groups in total. The summed E-state index contributed by atoms with van der Waals surface area (Å²) in [5, 5.41) is 10.2. The van der Waals surface area contributed by atoms with Crippen molar-refractivity contribution in [1.29, 1.82) is 0 Å². The van der Waals surface area contributed by atoms with Gasteiger partial charge in [-0.2, -0.15) is 0 Å². The van der Waals surface area contributed by atoms with Crippen LogP contribution >= 0.6 is 0 Å². The van der Waals surface area contributed by atoms with Crippen molar-refractivity contribution in [3.8, 4) is 5.75 Å². The fourth-order valence-electron chi connectivity index (χ4n) is 2.72. The molecule has 29 heavy (non-hydrogen) atoms. The van der Waals surface area contributed by atoms with Gasteiger partial charge < -0.3 is 31.2 Å². The Morgan fingerprint density at radius 3 is 2.17 bits per heavy atom. The van der Waals surface area contributed by atoms with Crippen molar-refractivity contribution in [2.75, 3.05) is 53.0 Å². The molecule has 0 fully saturated rings. The van der Waals surface area contributed by atoms with Crippen molar-refractivity contribution in [2.24, 2.45) is 5.73 Å². The molecule has 0 amide bonds. The largest absolute Gasteiger partial charge is 0.497 e. The molecule has 0 spiro atoms. The Labute approximate surface area is 175 Å². The average Bonchev–Trinajstić information content (AvgIpc) is 2.74. The molecule has 0 unspecified atom stereocenters. The minimum atomic E-state index is -0.344. The molecule has 0 aromatic heterocycles. The zero-order chi connectivity index (χ0) is 21.2. The number of carbonyl (C=O) groups is 1. The van der Waals surface area contributed by atoms with Gasteiger partial charge in [-0.1, -0.05) is 0 Å². The fraction of sp³-hybridized carbons (Fsp3) is 0.591. The van der Waals surface area contributed by atoms with Crippen LogP contribution in [0.4, 0.5) is 0 Å². The first-order valence-corrected chi connectivity index (χ1v) is 10.6. The normalized spacial score (nSPS) is 11.3. The Hall–Kier alpha value is -2.09. The molecule has 0 radical (unpaired) electrons. The molecule has 7 heteroatoms. The fourth-order valence-corrected chi connectivity index (χ4v) is 2.72. The van der Waals surface area contributed by atoms with Gasteiger partial charge in [-0.15, -0.1) is 0 Å². The van der Waals surface area contributed by atoms with Gasteiger partial charge in [0.25, 0.3) is 0 Å². The van der Waals surface area contributed by atoms with E-state index in [1.165, 1.54) is 12.5 Å². The molecule has 0 saturated heterocycles. The van der Waals surface area contributed by atoms with Crippen molar-refractivity contribution in [3.05, 3.63) is 35.9 Å². The zero-order valence-corrected chi connectivity index (χ0v) is 18.0. The standard InChI is InChI=1S/C22H38N4O3/c1-3-29-22(27)18-21(19-8-10-20(28-2)11-9-19)26-17-7-16-25-14-5-4-13-24-15-6-12-23/h8-11,18,24-26H,3-7,12-17,23H2,1-2H3/b21-18-. The lowest BCUT2D eigenvalue weighted by Crippen LogP contribution is -2.24. The van der Waals surface area contributed by atoms with E-state index in [4.69, 9.17) is 15.2 Å². The SMILES string of the molecule is CCOC(=O)/C=C(\NCCCNCCCCNCCCN)c1ccc(OC)cc1. The summed E-state index contributed by atoms with van der Waals surface area (Å²) >= 11 is 0. The van der Waals surface area contributed by atoms with Crippen molar-refractivity contribution < 1.29 is 14.3 Å². The van der Waals surface area contributed by atoms with Gasteiger partial charge in [0.2, 0.25) is 0 Å². The van der Waals surface area contributed by atoms with Crippen molar-refractivity contribution >= 4 is 11.7 Å². The van der Waals surface area contributed by atoms with Gasteiger partial charge in [-0.3, -0.25) is 0 Å². The van der Waals surface area contributed by atoms with Crippen LogP contribution in [0.15, 0.2) is 30.3 Å². The maximum absolute atomic E-state index is 11.9. The minimum Gasteiger partial charge on any atom is -0.497 e. The summed E-state index contributed by atoms with van der Waals surface area (Å²) in [5.74, 6) is 0.437. The Balaban J connectivity index is 2.29. The predicted molar refractivity (Wildman–Crippen MR) is 119 cm³/mol. The maximum atomic E-state index is 11.9. The third kappa shape index (κ3) is 12.2. The summed E-state index contributed by atoms with van der Waals surface area (Å²) in [7, 11) is 1.63. The van der Waals surface area contributed by atoms with Crippen LogP contribution in [0, 0.1) is 0 Å². The second-order valence-electron chi connectivity index (χ2n) is 6.67. The average molecular weight is 407 g/mol. The van der Waals surface area contributed by atoms with E-state index in [1.54, 1.807) is 14.0 Å². The molecule has 0 atom stereocenters. The summed E-state index contributed by atoms with van der Waals surface area (Å²) in [6.45, 7) is 7.68. The van der Waals surface area contributed by atoms with Gasteiger partial charge in [-0.25, -0.2) is 4.79 Å². The van der Waals surface area contributed by atoms with Gasteiger partial charge in [0.1, 0.15) is 5.75 Å². The molecule has 0 aliphatic heterocycles. The predicted octanol–water partition coefficient (Wildman–Crippen LogP) is 1.89. The number of benzene rings is 1. The van der Waals surface area contributed by atoms with E-state index in [9.17, 15) is 4.79 Å². The van der Waals surface area contributed by atoms with Gasteiger partial charge in [-0.05, 0) is 95.2 Å².